The standard InChI is InChI=1S/C10H15ClN2O2/c1-6(2)9-10(11)13(3)7(12-9)4-5-8(14)15/h6H,4-5H2,1-3H3,(H,14,15). The summed E-state index contributed by atoms with van der Waals surface area (Å²) in [6, 6.07) is 0. The second-order valence-corrected chi connectivity index (χ2v) is 4.17. The highest BCUT2D eigenvalue weighted by atomic mass is 35.5. The maximum Gasteiger partial charge on any atom is 0.303 e. The molecule has 0 fully saturated rings. The number of carboxylic acid groups (broad SMARTS) is 1. The summed E-state index contributed by atoms with van der Waals surface area (Å²) in [6.45, 7) is 4.02. The second-order valence-electron chi connectivity index (χ2n) is 3.81. The smallest absolute Gasteiger partial charge is 0.303 e. The molecular formula is C10H15ClN2O2. The van der Waals surface area contributed by atoms with E-state index >= 15 is 0 Å². The van der Waals surface area contributed by atoms with Gasteiger partial charge in [-0.2, -0.15) is 0 Å². The summed E-state index contributed by atoms with van der Waals surface area (Å²) in [5, 5.41) is 9.18. The fraction of sp³-hybridized carbons (Fsp3) is 0.600. The summed E-state index contributed by atoms with van der Waals surface area (Å²) in [6.07, 6.45) is 0.497. The maximum absolute atomic E-state index is 10.4. The first-order valence-electron chi connectivity index (χ1n) is 4.86. The molecule has 1 rings (SSSR count). The predicted molar refractivity (Wildman–Crippen MR) is 58.3 cm³/mol. The van der Waals surface area contributed by atoms with E-state index in [0.29, 0.717) is 11.6 Å². The van der Waals surface area contributed by atoms with Gasteiger partial charge in [-0.05, 0) is 5.92 Å². The van der Waals surface area contributed by atoms with Gasteiger partial charge in [-0.15, -0.1) is 0 Å². The Bertz CT molecular complexity index is 372. The van der Waals surface area contributed by atoms with Crippen LogP contribution in [0.4, 0.5) is 0 Å². The molecule has 0 bridgehead atoms. The fourth-order valence-electron chi connectivity index (χ4n) is 1.35. The molecular weight excluding hydrogens is 216 g/mol. The second kappa shape index (κ2) is 4.66. The fourth-order valence-corrected chi connectivity index (χ4v) is 1.71. The summed E-state index contributed by atoms with van der Waals surface area (Å²) in [5.41, 5.74) is 0.833. The zero-order chi connectivity index (χ0) is 11.6. The van der Waals surface area contributed by atoms with Gasteiger partial charge in [-0.3, -0.25) is 4.79 Å². The van der Waals surface area contributed by atoms with Gasteiger partial charge in [-0.25, -0.2) is 4.98 Å². The molecule has 84 valence electrons. The van der Waals surface area contributed by atoms with E-state index in [1.807, 2.05) is 13.8 Å². The van der Waals surface area contributed by atoms with Crippen LogP contribution in [0.1, 0.15) is 37.7 Å². The van der Waals surface area contributed by atoms with E-state index in [0.717, 1.165) is 11.5 Å². The molecule has 5 heteroatoms. The number of halogens is 1. The lowest BCUT2D eigenvalue weighted by molar-refractivity contribution is -0.137. The molecule has 0 aliphatic heterocycles. The Balaban J connectivity index is 2.90. The van der Waals surface area contributed by atoms with Gasteiger partial charge in [0, 0.05) is 13.5 Å². The third-order valence-electron chi connectivity index (χ3n) is 2.25. The van der Waals surface area contributed by atoms with Gasteiger partial charge in [0.2, 0.25) is 0 Å². The molecule has 0 amide bonds. The van der Waals surface area contributed by atoms with Gasteiger partial charge in [0.05, 0.1) is 12.1 Å². The van der Waals surface area contributed by atoms with Crippen molar-refractivity contribution in [2.24, 2.45) is 7.05 Å². The van der Waals surface area contributed by atoms with Gasteiger partial charge < -0.3 is 9.67 Å². The number of carboxylic acids is 1. The summed E-state index contributed by atoms with van der Waals surface area (Å²) < 4.78 is 1.75. The van der Waals surface area contributed by atoms with E-state index in [4.69, 9.17) is 16.7 Å². The molecule has 1 aromatic heterocycles. The van der Waals surface area contributed by atoms with E-state index < -0.39 is 5.97 Å². The van der Waals surface area contributed by atoms with Crippen molar-refractivity contribution in [3.63, 3.8) is 0 Å². The van der Waals surface area contributed by atoms with Crippen molar-refractivity contribution in [1.82, 2.24) is 9.55 Å². The molecule has 1 N–H and O–H groups in total. The largest absolute Gasteiger partial charge is 0.481 e. The van der Waals surface area contributed by atoms with Crippen molar-refractivity contribution in [3.05, 3.63) is 16.7 Å². The van der Waals surface area contributed by atoms with Crippen LogP contribution in [0.3, 0.4) is 0 Å². The zero-order valence-corrected chi connectivity index (χ0v) is 9.88. The molecule has 1 aromatic rings. The van der Waals surface area contributed by atoms with Gasteiger partial charge in [-0.1, -0.05) is 25.4 Å². The first-order valence-corrected chi connectivity index (χ1v) is 5.24. The minimum absolute atomic E-state index is 0.0821. The minimum atomic E-state index is -0.819. The lowest BCUT2D eigenvalue weighted by Crippen LogP contribution is -2.03. The number of imidazole rings is 1. The summed E-state index contributed by atoms with van der Waals surface area (Å²) in [5.74, 6) is 0.161. The van der Waals surface area contributed by atoms with Gasteiger partial charge in [0.25, 0.3) is 0 Å². The highest BCUT2D eigenvalue weighted by Crippen LogP contribution is 2.24. The Morgan fingerprint density at radius 2 is 2.20 bits per heavy atom. The first-order chi connectivity index (χ1) is 6.93. The quantitative estimate of drug-likeness (QED) is 0.863. The van der Waals surface area contributed by atoms with Crippen LogP contribution in [0.25, 0.3) is 0 Å². The van der Waals surface area contributed by atoms with Crippen molar-refractivity contribution in [1.29, 1.82) is 0 Å². The van der Waals surface area contributed by atoms with Crippen molar-refractivity contribution < 1.29 is 9.90 Å². The molecule has 0 aromatic carbocycles. The zero-order valence-electron chi connectivity index (χ0n) is 9.12. The van der Waals surface area contributed by atoms with Crippen LogP contribution in [-0.2, 0) is 18.3 Å². The van der Waals surface area contributed by atoms with Crippen LogP contribution in [-0.4, -0.2) is 20.6 Å². The van der Waals surface area contributed by atoms with E-state index in [9.17, 15) is 4.79 Å². The van der Waals surface area contributed by atoms with E-state index in [-0.39, 0.29) is 12.3 Å². The van der Waals surface area contributed by atoms with Crippen LogP contribution < -0.4 is 0 Å². The van der Waals surface area contributed by atoms with Crippen LogP contribution in [0.2, 0.25) is 5.15 Å². The normalized spacial score (nSPS) is 11.0. The van der Waals surface area contributed by atoms with Crippen LogP contribution in [0, 0.1) is 0 Å². The highest BCUT2D eigenvalue weighted by molar-refractivity contribution is 6.30. The summed E-state index contributed by atoms with van der Waals surface area (Å²) >= 11 is 6.08. The first kappa shape index (κ1) is 12.0. The van der Waals surface area contributed by atoms with E-state index in [1.54, 1.807) is 11.6 Å². The Kier molecular flexibility index (Phi) is 3.74. The highest BCUT2D eigenvalue weighted by Gasteiger charge is 2.15. The number of nitrogens with zero attached hydrogens (tertiary/aromatic N) is 2. The van der Waals surface area contributed by atoms with Crippen LogP contribution >= 0.6 is 11.6 Å². The van der Waals surface area contributed by atoms with Crippen molar-refractivity contribution >= 4 is 17.6 Å². The lowest BCUT2D eigenvalue weighted by atomic mass is 10.1. The minimum Gasteiger partial charge on any atom is -0.481 e. The Labute approximate surface area is 93.9 Å². The van der Waals surface area contributed by atoms with Crippen molar-refractivity contribution in [3.8, 4) is 0 Å². The van der Waals surface area contributed by atoms with E-state index in [1.165, 1.54) is 0 Å². The molecule has 0 aliphatic carbocycles. The summed E-state index contributed by atoms with van der Waals surface area (Å²) in [7, 11) is 1.80. The molecule has 0 radical (unpaired) electrons. The molecule has 0 saturated heterocycles. The molecule has 0 unspecified atom stereocenters. The molecule has 0 saturated carbocycles. The average Bonchev–Trinajstić information content (AvgIpc) is 2.41. The Morgan fingerprint density at radius 3 is 2.60 bits per heavy atom. The average molecular weight is 231 g/mol. The SMILES string of the molecule is CC(C)c1nc(CCC(=O)O)n(C)c1Cl. The van der Waals surface area contributed by atoms with E-state index in [2.05, 4.69) is 4.98 Å². The van der Waals surface area contributed by atoms with Crippen LogP contribution in [0.15, 0.2) is 0 Å². The number of hydrogen-bond donors (Lipinski definition) is 1. The van der Waals surface area contributed by atoms with Crippen LogP contribution in [0.5, 0.6) is 0 Å². The monoisotopic (exact) mass is 230 g/mol. The van der Waals surface area contributed by atoms with Gasteiger partial charge >= 0.3 is 5.97 Å². The van der Waals surface area contributed by atoms with Gasteiger partial charge in [0.1, 0.15) is 11.0 Å². The maximum atomic E-state index is 10.4. The third-order valence-corrected chi connectivity index (χ3v) is 2.70. The van der Waals surface area contributed by atoms with Gasteiger partial charge in [0.15, 0.2) is 0 Å². The molecule has 0 aliphatic rings. The number of aryl methyl sites for hydroxylation is 1. The predicted octanol–water partition coefficient (Wildman–Crippen LogP) is 2.21. The Morgan fingerprint density at radius 1 is 1.60 bits per heavy atom. The molecule has 0 spiro atoms. The van der Waals surface area contributed by atoms with Crippen molar-refractivity contribution in [2.75, 3.05) is 0 Å². The number of carbonyl (C=O) groups is 1. The lowest BCUT2D eigenvalue weighted by Gasteiger charge is -2.00. The Hall–Kier alpha value is -1.03. The molecule has 4 nitrogen and oxygen atoms in total. The topological polar surface area (TPSA) is 55.1 Å². The number of aliphatic carboxylic acids is 1. The number of rotatable bonds is 4. The molecule has 1 heterocycles. The molecule has 0 atom stereocenters. The number of hydrogen-bond acceptors (Lipinski definition) is 2. The third kappa shape index (κ3) is 2.72. The number of aromatic nitrogens is 2. The summed E-state index contributed by atoms with van der Waals surface area (Å²) in [4.78, 5) is 14.8. The van der Waals surface area contributed by atoms with Crippen molar-refractivity contribution in [2.45, 2.75) is 32.6 Å². The molecule has 15 heavy (non-hydrogen) atoms.